The Balaban J connectivity index is 1.80. The highest BCUT2D eigenvalue weighted by molar-refractivity contribution is 8.01. The predicted molar refractivity (Wildman–Crippen MR) is 97.8 cm³/mol. The summed E-state index contributed by atoms with van der Waals surface area (Å²) in [6.07, 6.45) is 20.3. The van der Waals surface area contributed by atoms with Gasteiger partial charge in [-0.15, -0.1) is 11.8 Å². The smallest absolute Gasteiger partial charge is 0.0494 e. The minimum absolute atomic E-state index is 0.376. The fourth-order valence-corrected chi connectivity index (χ4v) is 4.90. The number of thioether (sulfide) groups is 1. The van der Waals surface area contributed by atoms with Crippen LogP contribution < -0.4 is 0 Å². The van der Waals surface area contributed by atoms with E-state index in [4.69, 9.17) is 24.4 Å². The van der Waals surface area contributed by atoms with E-state index in [0.717, 1.165) is 29.0 Å². The molecule has 0 bridgehead atoms. The first-order valence-corrected chi connectivity index (χ1v) is 8.63. The van der Waals surface area contributed by atoms with Crippen LogP contribution >= 0.6 is 36.2 Å². The fraction of sp³-hybridized carbons (Fsp3) is 0.294. The molecule has 102 valence electrons. The summed E-state index contributed by atoms with van der Waals surface area (Å²) in [5, 5.41) is 0.845. The highest BCUT2D eigenvalue weighted by atomic mass is 32.2. The van der Waals surface area contributed by atoms with Gasteiger partial charge in [-0.25, -0.2) is 0 Å². The maximum atomic E-state index is 5.52. The van der Waals surface area contributed by atoms with Crippen LogP contribution in [0.2, 0.25) is 0 Å². The van der Waals surface area contributed by atoms with E-state index in [9.17, 15) is 0 Å². The summed E-state index contributed by atoms with van der Waals surface area (Å²) in [5.41, 5.74) is 2.63. The zero-order chi connectivity index (χ0) is 13.9. The van der Waals surface area contributed by atoms with E-state index in [-0.39, 0.29) is 0 Å². The third kappa shape index (κ3) is 2.95. The zero-order valence-corrected chi connectivity index (χ0v) is 13.6. The molecule has 2 aliphatic carbocycles. The van der Waals surface area contributed by atoms with Crippen molar-refractivity contribution in [3.8, 4) is 0 Å². The van der Waals surface area contributed by atoms with Gasteiger partial charge in [-0.3, -0.25) is 0 Å². The summed E-state index contributed by atoms with van der Waals surface area (Å²) in [7, 11) is 0. The molecule has 0 N–H and O–H groups in total. The Bertz CT molecular complexity index is 587. The largest absolute Gasteiger partial charge is 0.141 e. The third-order valence-corrected chi connectivity index (χ3v) is 5.98. The summed E-state index contributed by atoms with van der Waals surface area (Å²) in [6.45, 7) is 0. The van der Waals surface area contributed by atoms with Crippen molar-refractivity contribution in [2.24, 2.45) is 0 Å². The molecule has 3 heteroatoms. The molecule has 3 rings (SSSR count). The highest BCUT2D eigenvalue weighted by Crippen LogP contribution is 2.38. The number of hydrogen-bond acceptors (Lipinski definition) is 3. The van der Waals surface area contributed by atoms with E-state index < -0.39 is 0 Å². The van der Waals surface area contributed by atoms with Crippen molar-refractivity contribution in [2.75, 3.05) is 0 Å². The summed E-state index contributed by atoms with van der Waals surface area (Å²) < 4.78 is 0. The number of hydrogen-bond donors (Lipinski definition) is 0. The standard InChI is InChI=1S/C17H16S3/c18-14-8-3-1-6-12(14)16-10-5-11-17(20-16)13-7-2-4-9-15(13)19/h1-7,10,16-17H,8-9,11H2. The molecule has 0 aromatic carbocycles. The van der Waals surface area contributed by atoms with Crippen LogP contribution in [0, 0.1) is 0 Å². The molecule has 1 heterocycles. The Morgan fingerprint density at radius 1 is 0.900 bits per heavy atom. The highest BCUT2D eigenvalue weighted by Gasteiger charge is 2.27. The van der Waals surface area contributed by atoms with Gasteiger partial charge in [0, 0.05) is 33.1 Å². The second-order valence-electron chi connectivity index (χ2n) is 5.06. The molecule has 0 amide bonds. The second-order valence-corrected chi connectivity index (χ2v) is 7.40. The second kappa shape index (κ2) is 6.33. The Kier molecular flexibility index (Phi) is 4.49. The van der Waals surface area contributed by atoms with E-state index in [0.29, 0.717) is 10.5 Å². The fourth-order valence-electron chi connectivity index (χ4n) is 2.64. The van der Waals surface area contributed by atoms with Crippen molar-refractivity contribution in [2.45, 2.75) is 29.8 Å². The van der Waals surface area contributed by atoms with E-state index in [1.165, 1.54) is 11.1 Å². The van der Waals surface area contributed by atoms with Crippen molar-refractivity contribution < 1.29 is 0 Å². The van der Waals surface area contributed by atoms with Crippen molar-refractivity contribution in [3.63, 3.8) is 0 Å². The SMILES string of the molecule is S=C1CC=CC=C1C1C=CCC(C2=CC=CCC2=S)S1. The lowest BCUT2D eigenvalue weighted by molar-refractivity contribution is 1.00. The molecule has 0 fully saturated rings. The molecule has 1 aliphatic heterocycles. The summed E-state index contributed by atoms with van der Waals surface area (Å²) in [4.78, 5) is 2.18. The van der Waals surface area contributed by atoms with Crippen LogP contribution in [0.5, 0.6) is 0 Å². The maximum absolute atomic E-state index is 5.52. The summed E-state index contributed by atoms with van der Waals surface area (Å²) in [5.74, 6) is 0. The van der Waals surface area contributed by atoms with Gasteiger partial charge in [-0.05, 0) is 17.6 Å². The van der Waals surface area contributed by atoms with Crippen LogP contribution in [0.15, 0.2) is 59.8 Å². The van der Waals surface area contributed by atoms with Gasteiger partial charge >= 0.3 is 0 Å². The van der Waals surface area contributed by atoms with Gasteiger partial charge in [0.15, 0.2) is 0 Å². The lowest BCUT2D eigenvalue weighted by Crippen LogP contribution is -2.23. The van der Waals surface area contributed by atoms with Crippen LogP contribution in [-0.2, 0) is 0 Å². The van der Waals surface area contributed by atoms with Gasteiger partial charge in [-0.2, -0.15) is 0 Å². The lowest BCUT2D eigenvalue weighted by Gasteiger charge is -2.29. The van der Waals surface area contributed by atoms with Crippen molar-refractivity contribution >= 4 is 45.9 Å². The predicted octanol–water partition coefficient (Wildman–Crippen LogP) is 4.93. The van der Waals surface area contributed by atoms with E-state index in [1.54, 1.807) is 0 Å². The van der Waals surface area contributed by atoms with Gasteiger partial charge in [-0.1, -0.05) is 73.0 Å². The van der Waals surface area contributed by atoms with Gasteiger partial charge in [0.2, 0.25) is 0 Å². The van der Waals surface area contributed by atoms with Gasteiger partial charge in [0.1, 0.15) is 0 Å². The minimum atomic E-state index is 0.376. The third-order valence-electron chi connectivity index (χ3n) is 3.70. The quantitative estimate of drug-likeness (QED) is 0.524. The van der Waals surface area contributed by atoms with E-state index in [1.807, 2.05) is 11.8 Å². The molecule has 0 nitrogen and oxygen atoms in total. The minimum Gasteiger partial charge on any atom is -0.141 e. The van der Waals surface area contributed by atoms with Crippen molar-refractivity contribution in [1.29, 1.82) is 0 Å². The molecular weight excluding hydrogens is 300 g/mol. The Morgan fingerprint density at radius 3 is 2.20 bits per heavy atom. The lowest BCUT2D eigenvalue weighted by atomic mass is 9.97. The Morgan fingerprint density at radius 2 is 1.55 bits per heavy atom. The van der Waals surface area contributed by atoms with Crippen LogP contribution in [0.1, 0.15) is 19.3 Å². The van der Waals surface area contributed by atoms with Crippen LogP contribution in [0.4, 0.5) is 0 Å². The number of thiocarbonyl (C=S) groups is 2. The van der Waals surface area contributed by atoms with Crippen LogP contribution in [-0.4, -0.2) is 20.2 Å². The summed E-state index contributed by atoms with van der Waals surface area (Å²) in [6, 6.07) is 0. The molecule has 2 unspecified atom stereocenters. The average Bonchev–Trinajstić information content (AvgIpc) is 2.48. The zero-order valence-electron chi connectivity index (χ0n) is 11.1. The normalized spacial score (nSPS) is 29.4. The Labute approximate surface area is 135 Å². The molecule has 0 saturated carbocycles. The molecule has 0 aromatic heterocycles. The molecular formula is C17H16S3. The van der Waals surface area contributed by atoms with E-state index >= 15 is 0 Å². The summed E-state index contributed by atoms with van der Waals surface area (Å²) >= 11 is 13.0. The molecule has 2 atom stereocenters. The van der Waals surface area contributed by atoms with E-state index in [2.05, 4.69) is 48.6 Å². The average molecular weight is 317 g/mol. The van der Waals surface area contributed by atoms with Crippen LogP contribution in [0.25, 0.3) is 0 Å². The molecule has 0 radical (unpaired) electrons. The number of allylic oxidation sites excluding steroid dienone is 7. The van der Waals surface area contributed by atoms with Crippen molar-refractivity contribution in [3.05, 3.63) is 59.8 Å². The monoisotopic (exact) mass is 316 g/mol. The maximum Gasteiger partial charge on any atom is 0.0494 e. The van der Waals surface area contributed by atoms with Crippen LogP contribution in [0.3, 0.4) is 0 Å². The van der Waals surface area contributed by atoms with Gasteiger partial charge < -0.3 is 0 Å². The molecule has 0 spiro atoms. The molecule has 0 aromatic rings. The first-order valence-electron chi connectivity index (χ1n) is 6.87. The van der Waals surface area contributed by atoms with Gasteiger partial charge in [0.05, 0.1) is 0 Å². The molecule has 3 aliphatic rings. The molecule has 0 saturated heterocycles. The molecule has 20 heavy (non-hydrogen) atoms. The van der Waals surface area contributed by atoms with Crippen molar-refractivity contribution in [1.82, 2.24) is 0 Å². The number of rotatable bonds is 2. The topological polar surface area (TPSA) is 0 Å². The Hall–Kier alpha value is -0.770. The van der Waals surface area contributed by atoms with Gasteiger partial charge in [0.25, 0.3) is 0 Å². The first-order chi connectivity index (χ1) is 9.75. The first kappa shape index (κ1) is 14.2.